The summed E-state index contributed by atoms with van der Waals surface area (Å²) in [5.41, 5.74) is 7.25. The van der Waals surface area contributed by atoms with Gasteiger partial charge in [-0.2, -0.15) is 0 Å². The van der Waals surface area contributed by atoms with Crippen LogP contribution in [0.2, 0.25) is 19.6 Å². The summed E-state index contributed by atoms with van der Waals surface area (Å²) < 4.78 is 33.1. The maximum atomic E-state index is 13.8. The van der Waals surface area contributed by atoms with Gasteiger partial charge < -0.3 is 14.5 Å². The number of rotatable bonds is 6. The first-order chi connectivity index (χ1) is 17.5. The number of anilines is 1. The highest BCUT2D eigenvalue weighted by Crippen LogP contribution is 2.41. The summed E-state index contributed by atoms with van der Waals surface area (Å²) in [5.74, 6) is 1.01. The van der Waals surface area contributed by atoms with E-state index in [2.05, 4.69) is 50.2 Å². The maximum absolute atomic E-state index is 13.8. The van der Waals surface area contributed by atoms with Gasteiger partial charge in [-0.1, -0.05) is 57.6 Å². The van der Waals surface area contributed by atoms with Crippen molar-refractivity contribution in [3.63, 3.8) is 0 Å². The molecule has 2 aromatic rings. The van der Waals surface area contributed by atoms with E-state index in [1.54, 1.807) is 12.0 Å². The van der Waals surface area contributed by atoms with Gasteiger partial charge in [0.05, 0.1) is 19.7 Å². The van der Waals surface area contributed by atoms with Crippen molar-refractivity contribution >= 4 is 19.7 Å². The van der Waals surface area contributed by atoms with Crippen LogP contribution in [0.15, 0.2) is 42.5 Å². The van der Waals surface area contributed by atoms with Gasteiger partial charge in [0.25, 0.3) is 11.8 Å². The van der Waals surface area contributed by atoms with Gasteiger partial charge in [-0.3, -0.25) is 4.79 Å². The number of carbonyl (C=O) groups excluding carboxylic acids is 1. The summed E-state index contributed by atoms with van der Waals surface area (Å²) >= 11 is 0. The van der Waals surface area contributed by atoms with Gasteiger partial charge in [-0.05, 0) is 59.7 Å². The number of hydrogen-bond donors (Lipinski definition) is 0. The number of unbranched alkanes of at least 4 members (excludes halogenated alkanes) is 1. The highest BCUT2D eigenvalue weighted by Gasteiger charge is 2.40. The van der Waals surface area contributed by atoms with Crippen molar-refractivity contribution in [2.75, 3.05) is 25.1 Å². The molecule has 0 N–H and O–H groups in total. The fraction of sp³-hybridized carbons (Fsp3) is 0.500. The number of carbonyl (C=O) groups is 1. The van der Waals surface area contributed by atoms with Gasteiger partial charge in [0.15, 0.2) is 0 Å². The number of fused-ring (bicyclic) bond motifs is 1. The molecular weight excluding hydrogens is 486 g/mol. The van der Waals surface area contributed by atoms with Crippen LogP contribution in [0, 0.1) is 11.5 Å². The van der Waals surface area contributed by atoms with Crippen molar-refractivity contribution in [3.05, 3.63) is 59.2 Å². The van der Waals surface area contributed by atoms with Crippen molar-refractivity contribution in [1.29, 1.82) is 0 Å². The van der Waals surface area contributed by atoms with Crippen molar-refractivity contribution < 1.29 is 18.3 Å². The first-order valence-electron chi connectivity index (χ1n) is 13.3. The largest absolute Gasteiger partial charge is 0.497 e. The molecule has 0 bridgehead atoms. The van der Waals surface area contributed by atoms with Gasteiger partial charge in [0, 0.05) is 24.7 Å². The zero-order valence-electron chi connectivity index (χ0n) is 22.6. The molecule has 0 spiro atoms. The predicted octanol–water partition coefficient (Wildman–Crippen LogP) is 6.45. The van der Waals surface area contributed by atoms with Crippen LogP contribution in [0.5, 0.6) is 5.75 Å². The lowest BCUT2D eigenvalue weighted by Gasteiger charge is -2.43. The Hall–Kier alpha value is -2.85. The lowest BCUT2D eigenvalue weighted by atomic mass is 9.83. The summed E-state index contributed by atoms with van der Waals surface area (Å²) in [6.45, 7) is 8.66. The lowest BCUT2D eigenvalue weighted by Crippen LogP contribution is -2.47. The number of amides is 1. The Kier molecular flexibility index (Phi) is 7.98. The van der Waals surface area contributed by atoms with E-state index in [9.17, 15) is 13.6 Å². The molecule has 198 valence electrons. The zero-order chi connectivity index (χ0) is 26.8. The molecule has 2 aliphatic rings. The smallest absolute Gasteiger partial charge is 0.298 e. The van der Waals surface area contributed by atoms with E-state index >= 15 is 0 Å². The summed E-state index contributed by atoms with van der Waals surface area (Å²) in [7, 11) is -0.0770. The number of nitrogens with zero attached hydrogens (tertiary/aromatic N) is 2. The quantitative estimate of drug-likeness (QED) is 0.321. The van der Waals surface area contributed by atoms with E-state index in [1.165, 1.54) is 5.56 Å². The molecule has 2 aliphatic heterocycles. The van der Waals surface area contributed by atoms with Gasteiger partial charge in [-0.15, -0.1) is 5.54 Å². The normalized spacial score (nSPS) is 20.7. The minimum Gasteiger partial charge on any atom is -0.497 e. The monoisotopic (exact) mass is 524 g/mol. The third-order valence-corrected chi connectivity index (χ3v) is 8.06. The second-order valence-corrected chi connectivity index (χ2v) is 16.0. The number of ether oxygens (including phenoxy) is 1. The number of benzene rings is 2. The van der Waals surface area contributed by atoms with E-state index in [0.717, 1.165) is 48.2 Å². The molecule has 7 heteroatoms. The molecule has 4 nitrogen and oxygen atoms in total. The van der Waals surface area contributed by atoms with Crippen LogP contribution in [-0.2, 0) is 11.2 Å². The summed E-state index contributed by atoms with van der Waals surface area (Å²) in [6.07, 6.45) is 3.59. The van der Waals surface area contributed by atoms with Gasteiger partial charge in [0.1, 0.15) is 13.8 Å². The Labute approximate surface area is 221 Å². The van der Waals surface area contributed by atoms with Crippen LogP contribution in [0.4, 0.5) is 14.5 Å². The van der Waals surface area contributed by atoms with Crippen LogP contribution >= 0.6 is 0 Å². The number of hydrogen-bond acceptors (Lipinski definition) is 3. The van der Waals surface area contributed by atoms with Crippen molar-refractivity contribution in [3.8, 4) is 17.2 Å². The molecular formula is C30H38F2N2O2Si. The molecule has 0 unspecified atom stereocenters. The standard InChI is InChI=1S/C30H38F2N2O2Si/c1-6-7-8-25-19-23-20-26(36-2)13-14-27(23)29(34(25)28(35)15-18-37(3,4)5)22-9-11-24(12-10-22)33-17-16-30(31,32)21-33/h9-14,20,25,29H,6-8,16-17,19,21H2,1-5H3/t25-,29-/m0/s1. The molecule has 2 aromatic carbocycles. The average Bonchev–Trinajstić information content (AvgIpc) is 3.23. The SMILES string of the molecule is CCCC[C@H]1Cc2cc(OC)ccc2[C@H](c2ccc(N3CCC(F)(F)C3)cc2)N1C(=O)C#C[Si](C)(C)C. The van der Waals surface area contributed by atoms with Gasteiger partial charge in [-0.25, -0.2) is 8.78 Å². The van der Waals surface area contributed by atoms with E-state index in [1.807, 2.05) is 35.2 Å². The third kappa shape index (κ3) is 6.35. The third-order valence-electron chi connectivity index (χ3n) is 7.19. The predicted molar refractivity (Wildman–Crippen MR) is 148 cm³/mol. The number of alkyl halides is 2. The van der Waals surface area contributed by atoms with Gasteiger partial charge in [0.2, 0.25) is 0 Å². The van der Waals surface area contributed by atoms with Crippen LogP contribution in [0.3, 0.4) is 0 Å². The Bertz CT molecular complexity index is 1180. The van der Waals surface area contributed by atoms with Crippen LogP contribution in [0.25, 0.3) is 0 Å². The first-order valence-corrected chi connectivity index (χ1v) is 16.8. The lowest BCUT2D eigenvalue weighted by molar-refractivity contribution is -0.130. The van der Waals surface area contributed by atoms with E-state index in [4.69, 9.17) is 4.74 Å². The Balaban J connectivity index is 1.77. The number of halogens is 2. The van der Waals surface area contributed by atoms with Crippen LogP contribution in [0.1, 0.15) is 55.3 Å². The van der Waals surface area contributed by atoms with Crippen molar-refractivity contribution in [2.45, 2.75) is 76.7 Å². The molecule has 0 aliphatic carbocycles. The molecule has 2 heterocycles. The molecule has 37 heavy (non-hydrogen) atoms. The fourth-order valence-electron chi connectivity index (χ4n) is 5.30. The molecule has 1 amide bonds. The maximum Gasteiger partial charge on any atom is 0.298 e. The first kappa shape index (κ1) is 27.2. The average molecular weight is 525 g/mol. The van der Waals surface area contributed by atoms with Crippen LogP contribution < -0.4 is 9.64 Å². The Morgan fingerprint density at radius 3 is 2.49 bits per heavy atom. The molecule has 0 radical (unpaired) electrons. The second-order valence-electron chi connectivity index (χ2n) is 11.3. The molecule has 1 fully saturated rings. The van der Waals surface area contributed by atoms with Crippen molar-refractivity contribution in [2.24, 2.45) is 0 Å². The van der Waals surface area contributed by atoms with E-state index in [-0.39, 0.29) is 31.0 Å². The topological polar surface area (TPSA) is 32.8 Å². The summed E-state index contributed by atoms with van der Waals surface area (Å²) in [6, 6.07) is 13.6. The molecule has 1 saturated heterocycles. The Morgan fingerprint density at radius 2 is 1.89 bits per heavy atom. The molecule has 2 atom stereocenters. The highest BCUT2D eigenvalue weighted by atomic mass is 28.3. The van der Waals surface area contributed by atoms with Crippen molar-refractivity contribution in [1.82, 2.24) is 4.90 Å². The minimum absolute atomic E-state index is 0.0185. The zero-order valence-corrected chi connectivity index (χ0v) is 23.6. The summed E-state index contributed by atoms with van der Waals surface area (Å²) in [4.78, 5) is 17.5. The molecule has 0 aromatic heterocycles. The fourth-order valence-corrected chi connectivity index (χ4v) is 5.78. The second kappa shape index (κ2) is 10.9. The van der Waals surface area contributed by atoms with E-state index < -0.39 is 14.0 Å². The molecule has 4 rings (SSSR count). The minimum atomic E-state index is -2.65. The van der Waals surface area contributed by atoms with E-state index in [0.29, 0.717) is 6.54 Å². The highest BCUT2D eigenvalue weighted by molar-refractivity contribution is 6.84. The number of methoxy groups -OCH3 is 1. The molecule has 0 saturated carbocycles. The Morgan fingerprint density at radius 1 is 1.16 bits per heavy atom. The summed E-state index contributed by atoms with van der Waals surface area (Å²) in [5, 5.41) is 0. The van der Waals surface area contributed by atoms with Crippen LogP contribution in [-0.4, -0.2) is 51.0 Å². The van der Waals surface area contributed by atoms with Gasteiger partial charge >= 0.3 is 0 Å².